The molecule has 1 heterocycles. The van der Waals surface area contributed by atoms with E-state index in [9.17, 15) is 4.39 Å². The first kappa shape index (κ1) is 14.6. The number of aromatic nitrogens is 2. The number of halogens is 3. The van der Waals surface area contributed by atoms with Crippen molar-refractivity contribution in [2.45, 2.75) is 39.2 Å². The van der Waals surface area contributed by atoms with Crippen LogP contribution in [0.25, 0.3) is 11.0 Å². The summed E-state index contributed by atoms with van der Waals surface area (Å²) in [5.41, 5.74) is 1.54. The van der Waals surface area contributed by atoms with Crippen LogP contribution in [-0.2, 0) is 13.0 Å². The van der Waals surface area contributed by atoms with Gasteiger partial charge in [-0.3, -0.25) is 0 Å². The summed E-state index contributed by atoms with van der Waals surface area (Å²) in [5.74, 6) is 0.986. The van der Waals surface area contributed by atoms with Gasteiger partial charge in [0.15, 0.2) is 0 Å². The molecule has 0 atom stereocenters. The van der Waals surface area contributed by atoms with Crippen LogP contribution in [0.3, 0.4) is 0 Å². The van der Waals surface area contributed by atoms with E-state index in [1.807, 2.05) is 0 Å². The molecule has 0 bridgehead atoms. The number of rotatable bonds is 6. The van der Waals surface area contributed by atoms with Crippen LogP contribution in [0.4, 0.5) is 4.39 Å². The van der Waals surface area contributed by atoms with Gasteiger partial charge in [0.2, 0.25) is 0 Å². The molecule has 2 nitrogen and oxygen atoms in total. The molecule has 0 aliphatic heterocycles. The Bertz CT molecular complexity index is 566. The number of aryl methyl sites for hydroxylation is 2. The van der Waals surface area contributed by atoms with Gasteiger partial charge < -0.3 is 4.57 Å². The number of fused-ring (bicyclic) bond motifs is 1. The van der Waals surface area contributed by atoms with Gasteiger partial charge in [-0.2, -0.15) is 0 Å². The lowest BCUT2D eigenvalue weighted by Crippen LogP contribution is -2.05. The van der Waals surface area contributed by atoms with Crippen LogP contribution in [0.5, 0.6) is 0 Å². The quantitative estimate of drug-likeness (QED) is 0.553. The molecular weight excluding hydrogens is 286 g/mol. The fourth-order valence-electron chi connectivity index (χ4n) is 2.21. The third-order valence-electron chi connectivity index (χ3n) is 3.17. The van der Waals surface area contributed by atoms with E-state index in [1.54, 1.807) is 6.07 Å². The van der Waals surface area contributed by atoms with Gasteiger partial charge in [0.1, 0.15) is 11.6 Å². The molecule has 0 saturated carbocycles. The Kier molecular flexibility index (Phi) is 5.06. The van der Waals surface area contributed by atoms with Gasteiger partial charge >= 0.3 is 0 Å². The van der Waals surface area contributed by atoms with E-state index in [0.717, 1.165) is 37.1 Å². The third-order valence-corrected chi connectivity index (χ3v) is 3.65. The molecule has 1 aromatic heterocycles. The van der Waals surface area contributed by atoms with Gasteiger partial charge in [-0.15, -0.1) is 11.6 Å². The molecular formula is C14H17Cl2FN2. The number of unbranched alkanes of at least 4 members (excludes halogenated alkanes) is 2. The van der Waals surface area contributed by atoms with Crippen molar-refractivity contribution in [3.63, 3.8) is 0 Å². The summed E-state index contributed by atoms with van der Waals surface area (Å²) >= 11 is 11.7. The van der Waals surface area contributed by atoms with Crippen LogP contribution in [0.2, 0.25) is 5.02 Å². The van der Waals surface area contributed by atoms with Crippen molar-refractivity contribution in [1.29, 1.82) is 0 Å². The van der Waals surface area contributed by atoms with E-state index < -0.39 is 5.82 Å². The highest BCUT2D eigenvalue weighted by molar-refractivity contribution is 6.31. The van der Waals surface area contributed by atoms with E-state index in [4.69, 9.17) is 23.2 Å². The van der Waals surface area contributed by atoms with Gasteiger partial charge in [-0.25, -0.2) is 9.37 Å². The van der Waals surface area contributed by atoms with Crippen LogP contribution in [0, 0.1) is 5.82 Å². The summed E-state index contributed by atoms with van der Waals surface area (Å²) in [6.45, 7) is 3.04. The summed E-state index contributed by atoms with van der Waals surface area (Å²) < 4.78 is 15.6. The molecule has 2 rings (SSSR count). The monoisotopic (exact) mass is 302 g/mol. The third kappa shape index (κ3) is 3.21. The number of benzene rings is 1. The topological polar surface area (TPSA) is 17.8 Å². The Morgan fingerprint density at radius 3 is 2.79 bits per heavy atom. The number of imidazole rings is 1. The predicted molar refractivity (Wildman–Crippen MR) is 78.7 cm³/mol. The number of alkyl halides is 1. The average molecular weight is 303 g/mol. The molecule has 0 saturated heterocycles. The van der Waals surface area contributed by atoms with Gasteiger partial charge in [0, 0.05) is 24.9 Å². The lowest BCUT2D eigenvalue weighted by atomic mass is 10.2. The Balaban J connectivity index is 2.43. The van der Waals surface area contributed by atoms with Gasteiger partial charge in [0.25, 0.3) is 0 Å². The molecule has 1 aromatic carbocycles. The maximum atomic E-state index is 13.5. The van der Waals surface area contributed by atoms with Crippen molar-refractivity contribution < 1.29 is 4.39 Å². The molecule has 0 unspecified atom stereocenters. The van der Waals surface area contributed by atoms with E-state index in [-0.39, 0.29) is 5.02 Å². The minimum atomic E-state index is -0.426. The Hall–Kier alpha value is -0.800. The van der Waals surface area contributed by atoms with Crippen molar-refractivity contribution in [3.8, 4) is 0 Å². The molecule has 0 N–H and O–H groups in total. The van der Waals surface area contributed by atoms with Crippen molar-refractivity contribution in [2.24, 2.45) is 0 Å². The highest BCUT2D eigenvalue weighted by Crippen LogP contribution is 2.24. The van der Waals surface area contributed by atoms with Crippen molar-refractivity contribution in [2.75, 3.05) is 5.88 Å². The van der Waals surface area contributed by atoms with Gasteiger partial charge in [-0.1, -0.05) is 31.4 Å². The second kappa shape index (κ2) is 6.58. The summed E-state index contributed by atoms with van der Waals surface area (Å²) in [7, 11) is 0. The summed E-state index contributed by atoms with van der Waals surface area (Å²) in [6.07, 6.45) is 4.08. The number of nitrogens with zero attached hydrogens (tertiary/aromatic N) is 2. The molecule has 0 amide bonds. The minimum absolute atomic E-state index is 0.140. The molecule has 0 radical (unpaired) electrons. The molecule has 0 aliphatic carbocycles. The zero-order chi connectivity index (χ0) is 13.8. The zero-order valence-electron chi connectivity index (χ0n) is 10.9. The molecule has 5 heteroatoms. The predicted octanol–water partition coefficient (Wildman–Crippen LogP) is 4.80. The molecule has 2 aromatic rings. The van der Waals surface area contributed by atoms with Crippen molar-refractivity contribution in [3.05, 3.63) is 28.8 Å². The standard InChI is InChI=1S/C14H17Cl2FN2/c1-2-3-4-7-19-13-8-10(16)11(17)9-12(13)18-14(19)5-6-15/h8-9H,2-7H2,1H3. The number of hydrogen-bond donors (Lipinski definition) is 0. The maximum Gasteiger partial charge on any atom is 0.144 e. The second-order valence-electron chi connectivity index (χ2n) is 4.58. The van der Waals surface area contributed by atoms with Gasteiger partial charge in [0.05, 0.1) is 16.1 Å². The summed E-state index contributed by atoms with van der Waals surface area (Å²) in [6, 6.07) is 3.05. The van der Waals surface area contributed by atoms with Crippen LogP contribution >= 0.6 is 23.2 Å². The first-order chi connectivity index (χ1) is 9.17. The van der Waals surface area contributed by atoms with E-state index in [0.29, 0.717) is 17.8 Å². The van der Waals surface area contributed by atoms with E-state index in [1.165, 1.54) is 6.07 Å². The highest BCUT2D eigenvalue weighted by Gasteiger charge is 2.13. The smallest absolute Gasteiger partial charge is 0.144 e. The maximum absolute atomic E-state index is 13.5. The lowest BCUT2D eigenvalue weighted by molar-refractivity contribution is 0.594. The number of hydrogen-bond acceptors (Lipinski definition) is 1. The Morgan fingerprint density at radius 1 is 1.32 bits per heavy atom. The summed E-state index contributed by atoms with van der Waals surface area (Å²) in [4.78, 5) is 4.46. The zero-order valence-corrected chi connectivity index (χ0v) is 12.4. The lowest BCUT2D eigenvalue weighted by Gasteiger charge is -2.08. The van der Waals surface area contributed by atoms with E-state index >= 15 is 0 Å². The normalized spacial score (nSPS) is 11.4. The van der Waals surface area contributed by atoms with Crippen LogP contribution in [-0.4, -0.2) is 15.4 Å². The fraction of sp³-hybridized carbons (Fsp3) is 0.500. The first-order valence-electron chi connectivity index (χ1n) is 6.57. The van der Waals surface area contributed by atoms with Gasteiger partial charge in [-0.05, 0) is 12.5 Å². The SMILES string of the molecule is CCCCCn1c(CCCl)nc2cc(F)c(Cl)cc21. The van der Waals surface area contributed by atoms with E-state index in [2.05, 4.69) is 16.5 Å². The van der Waals surface area contributed by atoms with Crippen molar-refractivity contribution in [1.82, 2.24) is 9.55 Å². The van der Waals surface area contributed by atoms with Crippen LogP contribution in [0.1, 0.15) is 32.0 Å². The molecule has 0 spiro atoms. The summed E-state index contributed by atoms with van der Waals surface area (Å²) in [5, 5.41) is 0.140. The molecule has 19 heavy (non-hydrogen) atoms. The minimum Gasteiger partial charge on any atom is -0.328 e. The second-order valence-corrected chi connectivity index (χ2v) is 5.37. The molecule has 0 aliphatic rings. The molecule has 0 fully saturated rings. The first-order valence-corrected chi connectivity index (χ1v) is 7.48. The van der Waals surface area contributed by atoms with Crippen LogP contribution in [0.15, 0.2) is 12.1 Å². The Labute approximate surface area is 122 Å². The Morgan fingerprint density at radius 2 is 2.11 bits per heavy atom. The van der Waals surface area contributed by atoms with Crippen LogP contribution < -0.4 is 0 Å². The fourth-order valence-corrected chi connectivity index (χ4v) is 2.54. The molecule has 104 valence electrons. The largest absolute Gasteiger partial charge is 0.328 e. The van der Waals surface area contributed by atoms with Crippen molar-refractivity contribution >= 4 is 34.2 Å². The highest BCUT2D eigenvalue weighted by atomic mass is 35.5. The average Bonchev–Trinajstić information content (AvgIpc) is 2.69.